The van der Waals surface area contributed by atoms with Crippen LogP contribution in [0.5, 0.6) is 5.75 Å². The van der Waals surface area contributed by atoms with Gasteiger partial charge in [-0.2, -0.15) is 0 Å². The lowest BCUT2D eigenvalue weighted by molar-refractivity contribution is -0.116. The van der Waals surface area contributed by atoms with Crippen molar-refractivity contribution in [2.75, 3.05) is 15.9 Å². The number of nitrogens with zero attached hydrogens (tertiary/aromatic N) is 1. The van der Waals surface area contributed by atoms with Gasteiger partial charge in [-0.25, -0.2) is 12.8 Å². The molecule has 0 heterocycles. The minimum Gasteiger partial charge on any atom is -0.491 e. The number of nitrogens with one attached hydrogen (secondary N) is 1. The predicted octanol–water partition coefficient (Wildman–Crippen LogP) is 3.41. The second-order valence-electron chi connectivity index (χ2n) is 6.39. The van der Waals surface area contributed by atoms with Crippen molar-refractivity contribution in [1.29, 1.82) is 0 Å². The fraction of sp³-hybridized carbons (Fsp3) is 0.316. The second-order valence-corrected chi connectivity index (χ2v) is 8.25. The molecular formula is C19H23FN2O4S. The third kappa shape index (κ3) is 5.68. The van der Waals surface area contributed by atoms with Gasteiger partial charge in [0, 0.05) is 5.69 Å². The molecule has 0 saturated heterocycles. The molecule has 27 heavy (non-hydrogen) atoms. The largest absolute Gasteiger partial charge is 0.491 e. The molecule has 2 aromatic rings. The summed E-state index contributed by atoms with van der Waals surface area (Å²) in [6, 6.07) is 10.8. The van der Waals surface area contributed by atoms with Crippen molar-refractivity contribution >= 4 is 27.3 Å². The number of halogens is 1. The van der Waals surface area contributed by atoms with E-state index in [4.69, 9.17) is 4.74 Å². The standard InChI is InChI=1S/C19H23FN2O4S/c1-13(2)26-18-10-8-16(9-11-18)21-19(23)14(3)22(27(4,24)25)17-7-5-6-15(20)12-17/h5-14H,1-4H3,(H,21,23). The van der Waals surface area contributed by atoms with Gasteiger partial charge < -0.3 is 10.1 Å². The van der Waals surface area contributed by atoms with Crippen molar-refractivity contribution in [3.05, 3.63) is 54.3 Å². The number of anilines is 2. The van der Waals surface area contributed by atoms with E-state index in [0.29, 0.717) is 11.4 Å². The molecule has 0 spiro atoms. The number of hydrogen-bond donors (Lipinski definition) is 1. The van der Waals surface area contributed by atoms with Crippen molar-refractivity contribution in [3.8, 4) is 5.75 Å². The van der Waals surface area contributed by atoms with Crippen LogP contribution < -0.4 is 14.4 Å². The van der Waals surface area contributed by atoms with Crippen molar-refractivity contribution < 1.29 is 22.3 Å². The average Bonchev–Trinajstić information content (AvgIpc) is 2.55. The molecule has 1 unspecified atom stereocenters. The number of carbonyl (C=O) groups excluding carboxylic acids is 1. The second kappa shape index (κ2) is 8.39. The van der Waals surface area contributed by atoms with E-state index in [2.05, 4.69) is 5.32 Å². The van der Waals surface area contributed by atoms with Gasteiger partial charge in [0.1, 0.15) is 17.6 Å². The van der Waals surface area contributed by atoms with Crippen LogP contribution >= 0.6 is 0 Å². The van der Waals surface area contributed by atoms with E-state index in [9.17, 15) is 17.6 Å². The summed E-state index contributed by atoms with van der Waals surface area (Å²) in [6.07, 6.45) is 1.000. The quantitative estimate of drug-likeness (QED) is 0.781. The van der Waals surface area contributed by atoms with E-state index < -0.39 is 27.8 Å². The number of rotatable bonds is 7. The molecule has 2 aromatic carbocycles. The van der Waals surface area contributed by atoms with E-state index in [0.717, 1.165) is 16.6 Å². The summed E-state index contributed by atoms with van der Waals surface area (Å²) in [6.45, 7) is 5.25. The van der Waals surface area contributed by atoms with Crippen LogP contribution in [-0.2, 0) is 14.8 Å². The van der Waals surface area contributed by atoms with E-state index in [1.165, 1.54) is 25.1 Å². The van der Waals surface area contributed by atoms with E-state index in [1.807, 2.05) is 13.8 Å². The monoisotopic (exact) mass is 394 g/mol. The molecule has 0 aliphatic rings. The van der Waals surface area contributed by atoms with Crippen LogP contribution in [0.15, 0.2) is 48.5 Å². The molecule has 0 fully saturated rings. The van der Waals surface area contributed by atoms with E-state index in [1.54, 1.807) is 24.3 Å². The van der Waals surface area contributed by atoms with Crippen molar-refractivity contribution in [1.82, 2.24) is 0 Å². The molecule has 2 rings (SSSR count). The van der Waals surface area contributed by atoms with Crippen LogP contribution in [0, 0.1) is 5.82 Å². The first-order valence-corrected chi connectivity index (χ1v) is 10.3. The maximum atomic E-state index is 13.5. The molecule has 1 N–H and O–H groups in total. The zero-order valence-electron chi connectivity index (χ0n) is 15.6. The fourth-order valence-corrected chi connectivity index (χ4v) is 3.72. The number of benzene rings is 2. The molecule has 0 saturated carbocycles. The molecule has 0 radical (unpaired) electrons. The Morgan fingerprint density at radius 1 is 1.11 bits per heavy atom. The first-order chi connectivity index (χ1) is 12.6. The predicted molar refractivity (Wildman–Crippen MR) is 104 cm³/mol. The highest BCUT2D eigenvalue weighted by atomic mass is 32.2. The zero-order valence-corrected chi connectivity index (χ0v) is 16.5. The molecule has 146 valence electrons. The molecule has 0 bridgehead atoms. The molecule has 1 amide bonds. The van der Waals surface area contributed by atoms with Gasteiger partial charge in [-0.1, -0.05) is 6.07 Å². The van der Waals surface area contributed by atoms with Crippen molar-refractivity contribution in [3.63, 3.8) is 0 Å². The minimum atomic E-state index is -3.81. The Balaban J connectivity index is 2.20. The Morgan fingerprint density at radius 2 is 1.74 bits per heavy atom. The van der Waals surface area contributed by atoms with Crippen LogP contribution in [0.4, 0.5) is 15.8 Å². The first kappa shape index (κ1) is 20.7. The van der Waals surface area contributed by atoms with Gasteiger partial charge in [-0.3, -0.25) is 9.10 Å². The summed E-state index contributed by atoms with van der Waals surface area (Å²) in [5.41, 5.74) is 0.580. The smallest absolute Gasteiger partial charge is 0.247 e. The highest BCUT2D eigenvalue weighted by Gasteiger charge is 2.29. The summed E-state index contributed by atoms with van der Waals surface area (Å²) >= 11 is 0. The van der Waals surface area contributed by atoms with Crippen LogP contribution in [0.3, 0.4) is 0 Å². The van der Waals surface area contributed by atoms with E-state index in [-0.39, 0.29) is 11.8 Å². The molecule has 8 heteroatoms. The maximum absolute atomic E-state index is 13.5. The topological polar surface area (TPSA) is 75.7 Å². The molecule has 6 nitrogen and oxygen atoms in total. The van der Waals surface area contributed by atoms with Gasteiger partial charge in [0.25, 0.3) is 0 Å². The normalized spacial score (nSPS) is 12.5. The SMILES string of the molecule is CC(C)Oc1ccc(NC(=O)C(C)N(c2cccc(F)c2)S(C)(=O)=O)cc1. The number of ether oxygens (including phenoxy) is 1. The number of hydrogen-bond acceptors (Lipinski definition) is 4. The molecule has 0 aliphatic heterocycles. The Labute approximate surface area is 159 Å². The van der Waals surface area contributed by atoms with E-state index >= 15 is 0 Å². The Bertz CT molecular complexity index is 898. The summed E-state index contributed by atoms with van der Waals surface area (Å²) in [7, 11) is -3.81. The molecule has 0 aromatic heterocycles. The number of carbonyl (C=O) groups is 1. The van der Waals surface area contributed by atoms with Gasteiger partial charge in [-0.15, -0.1) is 0 Å². The Kier molecular flexibility index (Phi) is 6.43. The maximum Gasteiger partial charge on any atom is 0.247 e. The van der Waals surface area contributed by atoms with Crippen LogP contribution in [0.2, 0.25) is 0 Å². The third-order valence-electron chi connectivity index (χ3n) is 3.64. The molecule has 1 atom stereocenters. The summed E-state index contributed by atoms with van der Waals surface area (Å²) in [5, 5.41) is 2.66. The average molecular weight is 394 g/mol. The lowest BCUT2D eigenvalue weighted by atomic mass is 10.2. The third-order valence-corrected chi connectivity index (χ3v) is 4.89. The molecular weight excluding hydrogens is 371 g/mol. The number of amides is 1. The lowest BCUT2D eigenvalue weighted by Crippen LogP contribution is -2.45. The Morgan fingerprint density at radius 3 is 2.26 bits per heavy atom. The Hall–Kier alpha value is -2.61. The molecule has 0 aliphatic carbocycles. The summed E-state index contributed by atoms with van der Waals surface area (Å²) in [5.74, 6) is -0.467. The summed E-state index contributed by atoms with van der Waals surface area (Å²) in [4.78, 5) is 12.6. The zero-order chi connectivity index (χ0) is 20.2. The van der Waals surface area contributed by atoms with Gasteiger partial charge in [0.05, 0.1) is 18.0 Å². The highest BCUT2D eigenvalue weighted by Crippen LogP contribution is 2.23. The lowest BCUT2D eigenvalue weighted by Gasteiger charge is -2.28. The van der Waals surface area contributed by atoms with Crippen molar-refractivity contribution in [2.24, 2.45) is 0 Å². The van der Waals surface area contributed by atoms with Gasteiger partial charge in [0.2, 0.25) is 15.9 Å². The van der Waals surface area contributed by atoms with Crippen molar-refractivity contribution in [2.45, 2.75) is 32.9 Å². The highest BCUT2D eigenvalue weighted by molar-refractivity contribution is 7.92. The van der Waals surface area contributed by atoms with Crippen LogP contribution in [0.1, 0.15) is 20.8 Å². The van der Waals surface area contributed by atoms with Crippen LogP contribution in [-0.4, -0.2) is 32.7 Å². The van der Waals surface area contributed by atoms with Gasteiger partial charge in [-0.05, 0) is 63.2 Å². The fourth-order valence-electron chi connectivity index (χ4n) is 2.56. The summed E-state index contributed by atoms with van der Waals surface area (Å²) < 4.78 is 44.3. The van der Waals surface area contributed by atoms with Crippen LogP contribution in [0.25, 0.3) is 0 Å². The minimum absolute atomic E-state index is 0.0278. The van der Waals surface area contributed by atoms with Gasteiger partial charge >= 0.3 is 0 Å². The van der Waals surface area contributed by atoms with Gasteiger partial charge in [0.15, 0.2) is 0 Å². The first-order valence-electron chi connectivity index (χ1n) is 8.40. The number of sulfonamides is 1.